The number of rotatable bonds is 8. The van der Waals surface area contributed by atoms with Crippen molar-refractivity contribution in [3.8, 4) is 6.07 Å². The Morgan fingerprint density at radius 1 is 0.962 bits per heavy atom. The Hall–Kier alpha value is -1.48. The number of likely N-dealkylation sites (N-methyl/N-ethyl adjacent to an activating group) is 1. The highest BCUT2D eigenvalue weighted by molar-refractivity contribution is 5.73. The molecule has 4 aliphatic heterocycles. The predicted octanol–water partition coefficient (Wildman–Crippen LogP) is 2.66. The minimum Gasteiger partial charge on any atom is -0.459 e. The molecule has 0 aromatic heterocycles. The number of quaternary nitrogens is 1. The third-order valence-corrected chi connectivity index (χ3v) is 13.1. The minimum atomic E-state index is -1.81. The highest BCUT2D eigenvalue weighted by Crippen LogP contribution is 2.48. The van der Waals surface area contributed by atoms with Crippen LogP contribution >= 0.6 is 0 Å². The van der Waals surface area contributed by atoms with Crippen LogP contribution in [0.25, 0.3) is 0 Å². The molecular formula is C39H69N2O12+. The van der Waals surface area contributed by atoms with Gasteiger partial charge in [-0.15, -0.1) is 0 Å². The van der Waals surface area contributed by atoms with Gasteiger partial charge in [0, 0.05) is 31.8 Å². The molecule has 2 bridgehead atoms. The molecule has 0 spiro atoms. The standard InChI is InChI=1S/C39H69N2O12/c1-14-27-39(10,46)32(43)22(4)30-20(2)18-38(9,53-30)34(52-36-29(42)26(17-21(3)48-36)41(11,12)16-15-40)23(5)31(24(6)35(45)50-27)51-28-19-37(8,47-13)33(44)25(7)49-28/h20-34,36,42-44,46H,14,16-19H2,1-13H3/q+1/t20-,21-,22+,23+,24-,25+,26+,27-,28+,29-,30-,31+,32-,33+,34-,36+,37-,38-,39-/m1/s1. The van der Waals surface area contributed by atoms with Gasteiger partial charge in [0.1, 0.15) is 29.9 Å². The number of nitrogens with zero attached hydrogens (tertiary/aromatic N) is 2. The van der Waals surface area contributed by atoms with E-state index in [2.05, 4.69) is 6.07 Å². The molecule has 14 nitrogen and oxygen atoms in total. The largest absolute Gasteiger partial charge is 0.459 e. The number of aliphatic hydroxyl groups is 4. The second-order valence-corrected chi connectivity index (χ2v) is 17.9. The molecule has 0 saturated carbocycles. The fraction of sp³-hybridized carbons (Fsp3) is 0.949. The van der Waals surface area contributed by atoms with E-state index < -0.39 is 102 Å². The number of hydrogen-bond acceptors (Lipinski definition) is 13. The maximum absolute atomic E-state index is 14.2. The summed E-state index contributed by atoms with van der Waals surface area (Å²) in [6.45, 7) is 18.3. The van der Waals surface area contributed by atoms with Crippen LogP contribution in [-0.2, 0) is 38.0 Å². The van der Waals surface area contributed by atoms with Crippen molar-refractivity contribution in [2.24, 2.45) is 23.7 Å². The molecule has 0 aliphatic carbocycles. The molecular weight excluding hydrogens is 688 g/mol. The van der Waals surface area contributed by atoms with Gasteiger partial charge in [-0.05, 0) is 60.3 Å². The fourth-order valence-corrected chi connectivity index (χ4v) is 9.68. The summed E-state index contributed by atoms with van der Waals surface area (Å²) in [4.78, 5) is 14.2. The SMILES string of the molecule is CC[C@H]1OC(=O)[C@H](C)[C@@H](O[C@H]2C[C@@](C)(OC)[C@@H](O)[C@H](C)O2)[C@H](C)[C@@H](O[C@@H]2O[C@H](C)C[C@H]([N+](C)(C)CC#N)[C@H]2O)[C@@]2(C)C[C@@H](C)[C@@H](O2)[C@H](C)[C@@H](O)[C@]1(C)O. The smallest absolute Gasteiger partial charge is 0.311 e. The first-order valence-corrected chi connectivity index (χ1v) is 19.5. The van der Waals surface area contributed by atoms with E-state index in [0.717, 1.165) is 0 Å². The molecule has 0 amide bonds. The van der Waals surface area contributed by atoms with Gasteiger partial charge in [0.25, 0.3) is 0 Å². The van der Waals surface area contributed by atoms with Gasteiger partial charge < -0.3 is 58.1 Å². The summed E-state index contributed by atoms with van der Waals surface area (Å²) in [5, 5.41) is 56.0. The summed E-state index contributed by atoms with van der Waals surface area (Å²) < 4.78 is 45.3. The normalized spacial score (nSPS) is 50.3. The molecule has 0 unspecified atom stereocenters. The Bertz CT molecular complexity index is 1300. The monoisotopic (exact) mass is 757 g/mol. The molecule has 0 aromatic carbocycles. The minimum absolute atomic E-state index is 0.0948. The molecule has 4 fully saturated rings. The topological polar surface area (TPSA) is 186 Å². The number of nitriles is 1. The van der Waals surface area contributed by atoms with Crippen molar-refractivity contribution < 1.29 is 62.9 Å². The van der Waals surface area contributed by atoms with Crippen molar-refractivity contribution in [3.63, 3.8) is 0 Å². The average Bonchev–Trinajstić information content (AvgIpc) is 3.40. The number of fused-ring (bicyclic) bond motifs is 2. The van der Waals surface area contributed by atoms with Gasteiger partial charge in [-0.25, -0.2) is 0 Å². The molecule has 4 N–H and O–H groups in total. The Balaban J connectivity index is 1.85. The summed E-state index contributed by atoms with van der Waals surface area (Å²) in [7, 11) is 5.32. The lowest BCUT2D eigenvalue weighted by atomic mass is 9.76. The summed E-state index contributed by atoms with van der Waals surface area (Å²) in [5.74, 6) is -2.90. The maximum atomic E-state index is 14.2. The maximum Gasteiger partial charge on any atom is 0.311 e. The Morgan fingerprint density at radius 3 is 2.19 bits per heavy atom. The van der Waals surface area contributed by atoms with E-state index >= 15 is 0 Å². The lowest BCUT2D eigenvalue weighted by molar-refractivity contribution is -0.915. The van der Waals surface area contributed by atoms with Gasteiger partial charge in [-0.1, -0.05) is 27.7 Å². The second-order valence-electron chi connectivity index (χ2n) is 17.9. The number of carbonyl (C=O) groups excluding carboxylic acids is 1. The molecule has 306 valence electrons. The number of esters is 1. The van der Waals surface area contributed by atoms with E-state index in [9.17, 15) is 30.5 Å². The molecule has 53 heavy (non-hydrogen) atoms. The summed E-state index contributed by atoms with van der Waals surface area (Å²) in [6, 6.07) is 1.86. The van der Waals surface area contributed by atoms with Crippen LogP contribution in [0.3, 0.4) is 0 Å². The van der Waals surface area contributed by atoms with Gasteiger partial charge in [-0.2, -0.15) is 5.26 Å². The first-order valence-electron chi connectivity index (χ1n) is 19.5. The number of ether oxygens (including phenoxy) is 7. The van der Waals surface area contributed by atoms with Gasteiger partial charge in [0.15, 0.2) is 25.2 Å². The lowest BCUT2D eigenvalue weighted by Gasteiger charge is -2.49. The molecule has 14 heteroatoms. The summed E-state index contributed by atoms with van der Waals surface area (Å²) in [5.41, 5.74) is -3.87. The van der Waals surface area contributed by atoms with Crippen LogP contribution in [0.2, 0.25) is 0 Å². The summed E-state index contributed by atoms with van der Waals surface area (Å²) in [6.07, 6.45) is -8.32. The zero-order valence-corrected chi connectivity index (χ0v) is 34.2. The fourth-order valence-electron chi connectivity index (χ4n) is 9.68. The zero-order valence-electron chi connectivity index (χ0n) is 34.2. The van der Waals surface area contributed by atoms with Crippen molar-refractivity contribution in [2.45, 2.75) is 185 Å². The molecule has 4 rings (SSSR count). The van der Waals surface area contributed by atoms with Crippen LogP contribution in [0.1, 0.15) is 94.9 Å². The Morgan fingerprint density at radius 2 is 1.60 bits per heavy atom. The Labute approximate surface area is 316 Å². The molecule has 4 heterocycles. The van der Waals surface area contributed by atoms with Crippen LogP contribution in [0.4, 0.5) is 0 Å². The van der Waals surface area contributed by atoms with Crippen molar-refractivity contribution in [3.05, 3.63) is 0 Å². The van der Waals surface area contributed by atoms with Crippen LogP contribution < -0.4 is 0 Å². The van der Waals surface area contributed by atoms with Crippen molar-refractivity contribution in [1.82, 2.24) is 0 Å². The van der Waals surface area contributed by atoms with E-state index in [1.165, 1.54) is 14.0 Å². The average molecular weight is 758 g/mol. The van der Waals surface area contributed by atoms with Crippen molar-refractivity contribution >= 4 is 5.97 Å². The Kier molecular flexibility index (Phi) is 13.8. The van der Waals surface area contributed by atoms with Crippen LogP contribution in [-0.4, -0.2) is 149 Å². The molecule has 4 saturated heterocycles. The quantitative estimate of drug-likeness (QED) is 0.161. The third-order valence-electron chi connectivity index (χ3n) is 13.1. The van der Waals surface area contributed by atoms with E-state index in [1.54, 1.807) is 27.7 Å². The van der Waals surface area contributed by atoms with Crippen molar-refractivity contribution in [1.29, 1.82) is 5.26 Å². The van der Waals surface area contributed by atoms with Gasteiger partial charge in [0.05, 0.1) is 67.8 Å². The molecule has 19 atom stereocenters. The van der Waals surface area contributed by atoms with Gasteiger partial charge in [-0.3, -0.25) is 4.79 Å². The van der Waals surface area contributed by atoms with Crippen LogP contribution in [0.15, 0.2) is 0 Å². The predicted molar refractivity (Wildman–Crippen MR) is 193 cm³/mol. The highest BCUT2D eigenvalue weighted by Gasteiger charge is 2.58. The number of methoxy groups -OCH3 is 1. The molecule has 0 radical (unpaired) electrons. The van der Waals surface area contributed by atoms with E-state index in [0.29, 0.717) is 12.8 Å². The van der Waals surface area contributed by atoms with Gasteiger partial charge >= 0.3 is 5.97 Å². The highest BCUT2D eigenvalue weighted by atomic mass is 16.7. The lowest BCUT2D eigenvalue weighted by Crippen LogP contribution is -2.64. The van der Waals surface area contributed by atoms with E-state index in [1.807, 2.05) is 48.7 Å². The van der Waals surface area contributed by atoms with Crippen molar-refractivity contribution in [2.75, 3.05) is 27.7 Å². The third kappa shape index (κ3) is 8.76. The van der Waals surface area contributed by atoms with Crippen LogP contribution in [0.5, 0.6) is 0 Å². The first kappa shape index (κ1) is 44.2. The van der Waals surface area contributed by atoms with E-state index in [4.69, 9.17) is 33.2 Å². The number of carbonyl (C=O) groups is 1. The number of hydrogen-bond donors (Lipinski definition) is 4. The van der Waals surface area contributed by atoms with Crippen LogP contribution in [0, 0.1) is 35.0 Å². The first-order chi connectivity index (χ1) is 24.5. The molecule has 0 aromatic rings. The molecule has 4 aliphatic rings. The van der Waals surface area contributed by atoms with E-state index in [-0.39, 0.29) is 41.9 Å². The van der Waals surface area contributed by atoms with Gasteiger partial charge in [0.2, 0.25) is 0 Å². The number of aliphatic hydroxyl groups excluding tert-OH is 3. The summed E-state index contributed by atoms with van der Waals surface area (Å²) >= 11 is 0. The second kappa shape index (κ2) is 16.5. The number of cyclic esters (lactones) is 1. The zero-order chi connectivity index (χ0) is 40.0.